The number of pyridine rings is 5. The lowest BCUT2D eigenvalue weighted by molar-refractivity contribution is -0.661. The minimum atomic E-state index is -2.13. The number of benzene rings is 5. The number of aromatic nitrogens is 5. The highest BCUT2D eigenvalue weighted by Crippen LogP contribution is 2.66. The highest BCUT2D eigenvalue weighted by atomic mass is 15.0. The number of hydrogen-bond donors (Lipinski definition) is 0. The SMILES string of the molecule is Cc1ccc(-c2c3c(cc[n+]2C)C(C)(C)CC3(C)C)c(C)c1.Cc1ccc(-c2c3c(cc[n+]2C)C2CCC3C2)c(C)c1.Cc1ccc(-c2cc3c(c[n+]2C)C(C)(C)CC3(C)C)c(C)c1.[2H]C([2H])([2H])c1ccc(-c2c3c(cc[n+]2C)C2([2H])CCC3([2H])C2(C)C)c(C)c1.[2H]C([2H])([2H])c1ccc(-c2c3c(cc[n+]2C)C2([2H])CCC3([2H])C2)c(C)c1. The molecule has 8 aliphatic rings. The smallest absolute Gasteiger partial charge is 0.201 e. The molecule has 6 atom stereocenters. The number of rotatable bonds is 5. The molecule has 5 aromatic heterocycles. The van der Waals surface area contributed by atoms with Crippen LogP contribution in [0.15, 0.2) is 152 Å². The van der Waals surface area contributed by atoms with E-state index in [0.29, 0.717) is 36.8 Å². The van der Waals surface area contributed by atoms with Gasteiger partial charge in [-0.2, -0.15) is 0 Å². The maximum Gasteiger partial charge on any atom is 0.216 e. The zero-order valence-electron chi connectivity index (χ0n) is 78.4. The lowest BCUT2D eigenvalue weighted by atomic mass is 9.79. The second-order valence-corrected chi connectivity index (χ2v) is 36.5. The Morgan fingerprint density at radius 1 is 0.340 bits per heavy atom. The van der Waals surface area contributed by atoms with Crippen molar-refractivity contribution in [3.05, 3.63) is 264 Å². The van der Waals surface area contributed by atoms with Crippen LogP contribution in [-0.2, 0) is 56.9 Å². The van der Waals surface area contributed by atoms with E-state index in [1.54, 1.807) is 35.4 Å². The van der Waals surface area contributed by atoms with E-state index in [9.17, 15) is 2.74 Å². The molecule has 5 nitrogen and oxygen atoms in total. The normalized spacial score (nSPS) is 25.8. The van der Waals surface area contributed by atoms with Crippen LogP contribution in [0.4, 0.5) is 0 Å². The monoisotopic (exact) mass is 1420 g/mol. The van der Waals surface area contributed by atoms with Crippen LogP contribution >= 0.6 is 0 Å². The summed E-state index contributed by atoms with van der Waals surface area (Å²) in [5.74, 6) is -1.28. The van der Waals surface area contributed by atoms with Crippen molar-refractivity contribution < 1.29 is 36.5 Å². The van der Waals surface area contributed by atoms with Crippen molar-refractivity contribution in [1.29, 1.82) is 0 Å². The van der Waals surface area contributed by atoms with Crippen molar-refractivity contribution in [3.63, 3.8) is 0 Å². The van der Waals surface area contributed by atoms with E-state index in [-0.39, 0.29) is 21.7 Å². The van der Waals surface area contributed by atoms with Gasteiger partial charge < -0.3 is 0 Å². The fourth-order valence-electron chi connectivity index (χ4n) is 21.6. The summed E-state index contributed by atoms with van der Waals surface area (Å²) in [6.07, 6.45) is 20.8. The highest BCUT2D eigenvalue weighted by molar-refractivity contribution is 5.73. The quantitative estimate of drug-likeness (QED) is 0.153. The van der Waals surface area contributed by atoms with E-state index in [1.807, 2.05) is 87.6 Å². The van der Waals surface area contributed by atoms with Crippen molar-refractivity contribution in [1.82, 2.24) is 0 Å². The molecule has 0 saturated heterocycles. The average Bonchev–Trinajstić information content (AvgIpc) is 1.51. The van der Waals surface area contributed by atoms with Gasteiger partial charge in [-0.3, -0.25) is 0 Å². The van der Waals surface area contributed by atoms with Gasteiger partial charge in [0.2, 0.25) is 28.5 Å². The summed E-state index contributed by atoms with van der Waals surface area (Å²) in [6.45, 7) is 35.9. The first kappa shape index (κ1) is 62.8. The van der Waals surface area contributed by atoms with Crippen molar-refractivity contribution >= 4 is 0 Å². The first-order valence-corrected chi connectivity index (χ1v) is 39.4. The molecule has 0 radical (unpaired) electrons. The summed E-state index contributed by atoms with van der Waals surface area (Å²) in [7, 11) is 10.5. The van der Waals surface area contributed by atoms with Crippen LogP contribution in [0.1, 0.15) is 294 Å². The van der Waals surface area contributed by atoms with Gasteiger partial charge in [-0.05, 0) is 282 Å². The average molecular weight is 1420 g/mol. The van der Waals surface area contributed by atoms with Crippen LogP contribution in [0.2, 0.25) is 0 Å². The molecule has 0 aliphatic heterocycles. The Kier molecular flexibility index (Phi) is 16.3. The molecule has 106 heavy (non-hydrogen) atoms. The largest absolute Gasteiger partial charge is 0.216 e. The van der Waals surface area contributed by atoms with Crippen LogP contribution in [-0.4, -0.2) is 0 Å². The van der Waals surface area contributed by atoms with Crippen molar-refractivity contribution in [2.24, 2.45) is 40.7 Å². The molecular weight excluding hydrogens is 1280 g/mol. The summed E-state index contributed by atoms with van der Waals surface area (Å²) in [5.41, 5.74) is 36.4. The first-order valence-electron chi connectivity index (χ1n) is 44.4. The molecule has 6 unspecified atom stereocenters. The van der Waals surface area contributed by atoms with Crippen LogP contribution < -0.4 is 22.8 Å². The Bertz CT molecular complexity index is 5650. The van der Waals surface area contributed by atoms with E-state index in [1.165, 1.54) is 122 Å². The maximum absolute atomic E-state index is 9.36. The van der Waals surface area contributed by atoms with Gasteiger partial charge in [0.1, 0.15) is 35.2 Å². The number of fused-ring (bicyclic) bond motifs is 17. The summed E-state index contributed by atoms with van der Waals surface area (Å²) in [5, 5.41) is 0. The second-order valence-electron chi connectivity index (χ2n) is 36.5. The van der Waals surface area contributed by atoms with Crippen LogP contribution in [0.25, 0.3) is 56.3 Å². The number of nitrogens with zero attached hydrogens (tertiary/aromatic N) is 5. The fraction of sp³-hybridized carbons (Fsp3) is 0.455. The highest BCUT2D eigenvalue weighted by Gasteiger charge is 2.55. The van der Waals surface area contributed by atoms with Gasteiger partial charge in [-0.1, -0.05) is 158 Å². The van der Waals surface area contributed by atoms with Crippen LogP contribution in [0.3, 0.4) is 0 Å². The Labute approximate surface area is 653 Å². The Balaban J connectivity index is 0.000000120. The molecule has 8 aliphatic carbocycles. The molecule has 550 valence electrons. The van der Waals surface area contributed by atoms with E-state index in [4.69, 9.17) is 11.0 Å². The van der Waals surface area contributed by atoms with Crippen LogP contribution in [0, 0.1) is 74.5 Å². The minimum Gasteiger partial charge on any atom is -0.201 e. The second kappa shape index (κ2) is 27.5. The lowest BCUT2D eigenvalue weighted by Gasteiger charge is -2.24. The fourth-order valence-corrected chi connectivity index (χ4v) is 21.6. The molecule has 3 saturated carbocycles. The summed E-state index contributed by atoms with van der Waals surface area (Å²) in [6, 6.07) is 42.1. The van der Waals surface area contributed by atoms with E-state index < -0.39 is 42.7 Å². The van der Waals surface area contributed by atoms with Gasteiger partial charge >= 0.3 is 0 Å². The zero-order valence-corrected chi connectivity index (χ0v) is 68.4. The molecule has 5 heterocycles. The summed E-state index contributed by atoms with van der Waals surface area (Å²) >= 11 is 0. The molecule has 3 fully saturated rings. The number of aryl methyl sites for hydroxylation is 15. The molecule has 18 rings (SSSR count). The van der Waals surface area contributed by atoms with Gasteiger partial charge in [-0.15, -0.1) is 0 Å². The Hall–Kier alpha value is -8.15. The van der Waals surface area contributed by atoms with Crippen molar-refractivity contribution in [2.45, 2.75) is 260 Å². The van der Waals surface area contributed by atoms with Gasteiger partial charge in [0, 0.05) is 99.7 Å². The third-order valence-corrected chi connectivity index (χ3v) is 26.1. The first-order chi connectivity index (χ1) is 53.8. The Morgan fingerprint density at radius 3 is 1.30 bits per heavy atom. The van der Waals surface area contributed by atoms with E-state index >= 15 is 0 Å². The van der Waals surface area contributed by atoms with E-state index in [2.05, 4.69) is 223 Å². The molecular formula is C101H126N5+5. The van der Waals surface area contributed by atoms with Gasteiger partial charge in [-0.25, -0.2) is 22.8 Å². The molecule has 0 N–H and O–H groups in total. The molecule has 10 aromatic rings. The molecule has 6 bridgehead atoms. The molecule has 5 heteroatoms. The standard InChI is InChI=1S/C21H26N.2C21H28N.2C19H22N/c1-13-6-7-15(14(2)12-13)20-19-16(10-11-22(20)5)17-8-9-18(19)21(17,3)4;1-14-8-9-16(15(2)10-14)19-11-17-18(12-22(19)7)21(5,6)13-20(17,3)4;1-14-8-9-16(15(2)12-14)19-18-17(10-11-22(19)7)20(3,4)13-21(18,5)6;2*1-12-4-7-16(13(2)10-12)19-18-15-6-5-14(11-15)17(18)8-9-20(19)3/h6-7,10-12,17-18H,8-9H2,1-5H3;2*8-12H,13H2,1-7H3;2*4,7-10,14-15H,5-6,11H2,1-3H3/q5*+1/i1D3,17D,18D;;;1D3,14D,15D;. The maximum atomic E-state index is 9.36. The minimum absolute atomic E-state index is 0.213. The van der Waals surface area contributed by atoms with Crippen molar-refractivity contribution in [2.75, 3.05) is 0 Å². The van der Waals surface area contributed by atoms with Gasteiger partial charge in [0.05, 0.1) is 0 Å². The topological polar surface area (TPSA) is 19.4 Å². The zero-order chi connectivity index (χ0) is 84.6. The van der Waals surface area contributed by atoms with Gasteiger partial charge in [0.15, 0.2) is 31.0 Å². The summed E-state index contributed by atoms with van der Waals surface area (Å²) < 4.78 is 93.0. The lowest BCUT2D eigenvalue weighted by Crippen LogP contribution is -2.34. The molecule has 5 aromatic carbocycles. The Morgan fingerprint density at radius 2 is 0.755 bits per heavy atom. The van der Waals surface area contributed by atoms with Gasteiger partial charge in [0.25, 0.3) is 0 Å². The van der Waals surface area contributed by atoms with E-state index in [0.717, 1.165) is 74.2 Å². The third kappa shape index (κ3) is 13.2. The molecule has 0 spiro atoms. The number of hydrogen-bond acceptors (Lipinski definition) is 0. The third-order valence-electron chi connectivity index (χ3n) is 26.1. The van der Waals surface area contributed by atoms with Crippen LogP contribution in [0.5, 0.6) is 0 Å². The van der Waals surface area contributed by atoms with Crippen molar-refractivity contribution in [3.8, 4) is 56.3 Å². The summed E-state index contributed by atoms with van der Waals surface area (Å²) in [4.78, 5) is 0. The predicted molar refractivity (Wildman–Crippen MR) is 441 cm³/mol. The molecule has 0 amide bonds. The predicted octanol–water partition coefficient (Wildman–Crippen LogP) is 22.6.